The smallest absolute Gasteiger partial charge is 0.255 e. The van der Waals surface area contributed by atoms with E-state index >= 15 is 0 Å². The number of nitrogens with zero attached hydrogens (tertiary/aromatic N) is 2. The molecule has 0 aliphatic carbocycles. The van der Waals surface area contributed by atoms with Crippen LogP contribution in [0, 0.1) is 53.5 Å². The van der Waals surface area contributed by atoms with Gasteiger partial charge in [-0.25, -0.2) is 18.2 Å². The minimum absolute atomic E-state index is 0.0599. The van der Waals surface area contributed by atoms with Crippen LogP contribution in [0.25, 0.3) is 11.0 Å². The van der Waals surface area contributed by atoms with Gasteiger partial charge in [0.1, 0.15) is 23.1 Å². The Bertz CT molecular complexity index is 1850. The van der Waals surface area contributed by atoms with Crippen molar-refractivity contribution in [1.82, 2.24) is 14.9 Å². The maximum absolute atomic E-state index is 14.8. The van der Waals surface area contributed by atoms with E-state index in [1.807, 2.05) is 0 Å². The molecule has 0 saturated heterocycles. The van der Waals surface area contributed by atoms with E-state index in [4.69, 9.17) is 12.2 Å². The van der Waals surface area contributed by atoms with Crippen LogP contribution in [0.3, 0.4) is 0 Å². The molecular weight excluding hydrogens is 505 g/mol. The van der Waals surface area contributed by atoms with Crippen molar-refractivity contribution >= 4 is 22.8 Å². The Morgan fingerprint density at radius 1 is 1.15 bits per heavy atom. The third-order valence-corrected chi connectivity index (χ3v) is 6.36. The van der Waals surface area contributed by atoms with Gasteiger partial charge in [-0.05, 0) is 48.2 Å². The van der Waals surface area contributed by atoms with Gasteiger partial charge in [0, 0.05) is 46.5 Å². The van der Waals surface area contributed by atoms with Crippen LogP contribution in [-0.2, 0) is 6.54 Å². The Kier molecular flexibility index (Phi) is 6.54. The molecule has 2 aromatic heterocycles. The summed E-state index contributed by atoms with van der Waals surface area (Å²) in [6.45, 7) is -0.177. The molecule has 4 aromatic rings. The highest BCUT2D eigenvalue weighted by molar-refractivity contribution is 6.01. The Labute approximate surface area is 221 Å². The molecule has 1 atom stereocenters. The highest BCUT2D eigenvalue weighted by Crippen LogP contribution is 2.36. The van der Waals surface area contributed by atoms with Gasteiger partial charge in [0.15, 0.2) is 0 Å². The first-order chi connectivity index (χ1) is 18.8. The summed E-state index contributed by atoms with van der Waals surface area (Å²) in [6.07, 6.45) is 8.18. The number of nitrogens with two attached hydrogens (primary N) is 1. The summed E-state index contributed by atoms with van der Waals surface area (Å²) in [7, 11) is 0. The van der Waals surface area contributed by atoms with Gasteiger partial charge in [-0.15, -0.1) is 6.42 Å². The van der Waals surface area contributed by atoms with Crippen molar-refractivity contribution in [2.75, 3.05) is 0 Å². The van der Waals surface area contributed by atoms with Crippen LogP contribution in [0.1, 0.15) is 55.4 Å². The minimum Gasteiger partial charge on any atom is -0.366 e. The first-order valence-electron chi connectivity index (χ1n) is 11.6. The van der Waals surface area contributed by atoms with Gasteiger partial charge < -0.3 is 15.6 Å². The summed E-state index contributed by atoms with van der Waals surface area (Å²) < 4.78 is 43.6. The lowest BCUT2D eigenvalue weighted by Gasteiger charge is -2.27. The maximum Gasteiger partial charge on any atom is 0.255 e. The van der Waals surface area contributed by atoms with Gasteiger partial charge in [0.05, 0.1) is 23.7 Å². The number of halogens is 3. The molecule has 0 fully saturated rings. The maximum atomic E-state index is 14.8. The van der Waals surface area contributed by atoms with E-state index in [-0.39, 0.29) is 40.8 Å². The van der Waals surface area contributed by atoms with Crippen LogP contribution >= 0.6 is 0 Å². The summed E-state index contributed by atoms with van der Waals surface area (Å²) in [5, 5.41) is 0.578. The second kappa shape index (κ2) is 10.1. The summed E-state index contributed by atoms with van der Waals surface area (Å²) in [5.41, 5.74) is 6.65. The van der Waals surface area contributed by atoms with Gasteiger partial charge in [-0.2, -0.15) is 0 Å². The molecule has 39 heavy (non-hydrogen) atoms. The fraction of sp³-hybridized carbons (Fsp3) is 0.100. The quantitative estimate of drug-likeness (QED) is 0.394. The molecule has 0 bridgehead atoms. The minimum atomic E-state index is -1.05. The fourth-order valence-corrected chi connectivity index (χ4v) is 4.49. The molecule has 9 heteroatoms. The van der Waals surface area contributed by atoms with Gasteiger partial charge in [0.2, 0.25) is 0 Å². The van der Waals surface area contributed by atoms with Gasteiger partial charge >= 0.3 is 0 Å². The van der Waals surface area contributed by atoms with E-state index < -0.39 is 35.3 Å². The topological polar surface area (TPSA) is 92.1 Å². The van der Waals surface area contributed by atoms with Crippen molar-refractivity contribution in [1.29, 1.82) is 0 Å². The molecule has 1 aliphatic heterocycles. The van der Waals surface area contributed by atoms with Crippen LogP contribution in [0.5, 0.6) is 0 Å². The Hall–Kier alpha value is -5.46. The molecule has 6 nitrogen and oxygen atoms in total. The Morgan fingerprint density at radius 2 is 1.97 bits per heavy atom. The van der Waals surface area contributed by atoms with E-state index in [1.165, 1.54) is 17.2 Å². The van der Waals surface area contributed by atoms with Gasteiger partial charge in [0.25, 0.3) is 11.8 Å². The monoisotopic (exact) mass is 522 g/mol. The number of terminal acetylenes is 1. The third-order valence-electron chi connectivity index (χ3n) is 6.36. The van der Waals surface area contributed by atoms with Crippen LogP contribution in [-0.4, -0.2) is 26.7 Å². The number of nitrogens with one attached hydrogen (secondary N) is 1. The number of aromatic nitrogens is 2. The normalized spacial score (nSPS) is 12.7. The molecular formula is C30H17F3N4O2. The molecule has 1 unspecified atom stereocenters. The zero-order chi connectivity index (χ0) is 27.7. The molecule has 5 rings (SSSR count). The summed E-state index contributed by atoms with van der Waals surface area (Å²) in [4.78, 5) is 33.4. The number of primary amides is 1. The number of amides is 2. The number of pyridine rings is 1. The van der Waals surface area contributed by atoms with Crippen LogP contribution in [0.4, 0.5) is 13.2 Å². The Balaban J connectivity index is 1.50. The molecule has 0 radical (unpaired) electrons. The van der Waals surface area contributed by atoms with E-state index in [2.05, 4.69) is 39.6 Å². The average molecular weight is 522 g/mol. The number of benzene rings is 2. The van der Waals surface area contributed by atoms with E-state index in [9.17, 15) is 22.8 Å². The number of carbonyl (C=O) groups excluding carboxylic acids is 2. The second-order valence-electron chi connectivity index (χ2n) is 8.65. The van der Waals surface area contributed by atoms with E-state index in [1.54, 1.807) is 12.3 Å². The van der Waals surface area contributed by atoms with E-state index in [0.717, 1.165) is 24.3 Å². The molecule has 2 aromatic carbocycles. The van der Waals surface area contributed by atoms with Crippen molar-refractivity contribution in [3.05, 3.63) is 99.6 Å². The molecule has 2 amide bonds. The number of hydrogen-bond donors (Lipinski definition) is 2. The highest BCUT2D eigenvalue weighted by atomic mass is 19.1. The summed E-state index contributed by atoms with van der Waals surface area (Å²) >= 11 is 0. The lowest BCUT2D eigenvalue weighted by atomic mass is 10.0. The number of H-pyrrole nitrogens is 1. The summed E-state index contributed by atoms with van der Waals surface area (Å²) in [5.74, 6) is 9.74. The predicted octanol–water partition coefficient (Wildman–Crippen LogP) is 4.20. The lowest BCUT2D eigenvalue weighted by molar-refractivity contribution is 0.0700. The standard InChI is InChI=1S/C30H17F3N4O2/c1-2-17-12-21-24(26(33)13-17)16-37(30(21)39)27(22-14-18(31)8-9-25(22)32)7-5-3-4-6-19-20-10-11-35-29(20)36-15-23(19)28(34)38/h1,8-15,27H,7,16H2,(H2,34,38)(H,35,36). The first kappa shape index (κ1) is 25.2. The largest absolute Gasteiger partial charge is 0.366 e. The van der Waals surface area contributed by atoms with Crippen LogP contribution in [0.2, 0.25) is 0 Å². The highest BCUT2D eigenvalue weighted by Gasteiger charge is 2.36. The van der Waals surface area contributed by atoms with Gasteiger partial charge in [-0.1, -0.05) is 17.8 Å². The van der Waals surface area contributed by atoms with Crippen LogP contribution in [0.15, 0.2) is 48.8 Å². The molecule has 0 spiro atoms. The van der Waals surface area contributed by atoms with Gasteiger partial charge in [-0.3, -0.25) is 9.59 Å². The number of fused-ring (bicyclic) bond motifs is 2. The average Bonchev–Trinajstić information content (AvgIpc) is 3.53. The number of aromatic amines is 1. The predicted molar refractivity (Wildman–Crippen MR) is 137 cm³/mol. The molecule has 0 saturated carbocycles. The van der Waals surface area contributed by atoms with Crippen LogP contribution < -0.4 is 5.73 Å². The SMILES string of the molecule is C#Cc1cc(F)c2c(c1)C(=O)N(C(CC#CC#Cc1c(C(N)=O)cnc3[nH]ccc13)c1cc(F)ccc1F)C2. The van der Waals surface area contributed by atoms with Crippen molar-refractivity contribution in [3.8, 4) is 36.0 Å². The summed E-state index contributed by atoms with van der Waals surface area (Å²) in [6, 6.07) is 6.06. The lowest BCUT2D eigenvalue weighted by Crippen LogP contribution is -2.29. The zero-order valence-electron chi connectivity index (χ0n) is 20.1. The number of hydrogen-bond acceptors (Lipinski definition) is 3. The molecule has 3 heterocycles. The van der Waals surface area contributed by atoms with E-state index in [0.29, 0.717) is 16.6 Å². The molecule has 1 aliphatic rings. The van der Waals surface area contributed by atoms with Crippen molar-refractivity contribution in [2.24, 2.45) is 5.73 Å². The Morgan fingerprint density at radius 3 is 2.74 bits per heavy atom. The number of carbonyl (C=O) groups is 2. The fourth-order valence-electron chi connectivity index (χ4n) is 4.49. The number of rotatable bonds is 4. The second-order valence-corrected chi connectivity index (χ2v) is 8.65. The molecule has 3 N–H and O–H groups in total. The van der Waals surface area contributed by atoms with Crippen molar-refractivity contribution in [3.63, 3.8) is 0 Å². The first-order valence-corrected chi connectivity index (χ1v) is 11.6. The zero-order valence-corrected chi connectivity index (χ0v) is 20.1. The van der Waals surface area contributed by atoms with Crippen molar-refractivity contribution < 1.29 is 22.8 Å². The third kappa shape index (κ3) is 4.68. The van der Waals surface area contributed by atoms with Crippen molar-refractivity contribution in [2.45, 2.75) is 19.0 Å². The molecule has 190 valence electrons.